The number of rotatable bonds is 4. The normalized spacial score (nSPS) is 11.3. The van der Waals surface area contributed by atoms with E-state index < -0.39 is 6.29 Å². The molecule has 3 aromatic rings. The highest BCUT2D eigenvalue weighted by Crippen LogP contribution is 2.23. The lowest BCUT2D eigenvalue weighted by Crippen LogP contribution is -2.07. The molecule has 0 aliphatic rings. The maximum Gasteiger partial charge on any atom is 0.208 e. The molecule has 3 N–H and O–H groups in total. The molecular weight excluding hydrogens is 274 g/mol. The summed E-state index contributed by atoms with van der Waals surface area (Å²) in [7, 11) is 0. The minimum absolute atomic E-state index is 0.148. The number of aliphatic hydroxyl groups excluding tert-OH is 1. The minimum atomic E-state index is -1.36. The average Bonchev–Trinajstić information content (AvgIpc) is 2.93. The number of benzene rings is 2. The van der Waals surface area contributed by atoms with Gasteiger partial charge in [-0.1, -0.05) is 48.2 Å². The molecule has 0 saturated heterocycles. The Hall–Kier alpha value is -1.89. The van der Waals surface area contributed by atoms with E-state index in [9.17, 15) is 0 Å². The van der Waals surface area contributed by atoms with Crippen LogP contribution in [0.3, 0.4) is 0 Å². The second-order valence-electron chi connectivity index (χ2n) is 4.32. The number of nitrogens with zero attached hydrogens (tertiary/aromatic N) is 2. The maximum atomic E-state index is 8.82. The Morgan fingerprint density at radius 2 is 1.90 bits per heavy atom. The first-order chi connectivity index (χ1) is 9.72. The van der Waals surface area contributed by atoms with Crippen LogP contribution in [0.2, 0.25) is 0 Å². The number of aliphatic hydroxyl groups is 2. The molecular formula is C14H13N3O2S. The maximum absolute atomic E-state index is 8.82. The van der Waals surface area contributed by atoms with Crippen LogP contribution in [0, 0.1) is 0 Å². The Morgan fingerprint density at radius 3 is 2.70 bits per heavy atom. The number of H-pyrrole nitrogens is 1. The van der Waals surface area contributed by atoms with Crippen molar-refractivity contribution in [2.75, 3.05) is 5.75 Å². The fourth-order valence-electron chi connectivity index (χ4n) is 1.93. The van der Waals surface area contributed by atoms with Gasteiger partial charge in [-0.25, -0.2) is 4.98 Å². The molecule has 0 aliphatic carbocycles. The van der Waals surface area contributed by atoms with Gasteiger partial charge in [0.15, 0.2) is 12.1 Å². The van der Waals surface area contributed by atoms with Crippen LogP contribution in [-0.2, 0) is 0 Å². The zero-order valence-electron chi connectivity index (χ0n) is 10.5. The standard InChI is InChI=1S/C14H13N3O2S/c18-12(19)8-20-14-15-13(16-17-14)11-6-5-9-3-1-2-4-10(9)7-11/h1-7,12,18-19H,8H2,(H,15,16,17). The van der Waals surface area contributed by atoms with Gasteiger partial charge in [0.05, 0.1) is 5.75 Å². The predicted octanol–water partition coefficient (Wildman–Crippen LogP) is 2.03. The van der Waals surface area contributed by atoms with E-state index in [1.54, 1.807) is 0 Å². The molecule has 0 saturated carbocycles. The molecule has 0 unspecified atom stereocenters. The molecule has 0 fully saturated rings. The van der Waals surface area contributed by atoms with Crippen LogP contribution < -0.4 is 0 Å². The average molecular weight is 287 g/mol. The second-order valence-corrected chi connectivity index (χ2v) is 5.31. The number of aromatic nitrogens is 3. The third-order valence-corrected chi connectivity index (χ3v) is 3.75. The molecule has 0 amide bonds. The monoisotopic (exact) mass is 287 g/mol. The van der Waals surface area contributed by atoms with Gasteiger partial charge in [-0.3, -0.25) is 5.10 Å². The first-order valence-electron chi connectivity index (χ1n) is 6.13. The lowest BCUT2D eigenvalue weighted by atomic mass is 10.1. The number of hydrogen-bond acceptors (Lipinski definition) is 5. The van der Waals surface area contributed by atoms with Crippen molar-refractivity contribution in [2.45, 2.75) is 11.4 Å². The van der Waals surface area contributed by atoms with Crippen LogP contribution in [0.4, 0.5) is 0 Å². The summed E-state index contributed by atoms with van der Waals surface area (Å²) in [4.78, 5) is 4.33. The Bertz CT molecular complexity index is 727. The quantitative estimate of drug-likeness (QED) is 0.505. The van der Waals surface area contributed by atoms with E-state index in [1.165, 1.54) is 17.1 Å². The third-order valence-electron chi connectivity index (χ3n) is 2.85. The first kappa shape index (κ1) is 13.1. The zero-order valence-corrected chi connectivity index (χ0v) is 11.3. The summed E-state index contributed by atoms with van der Waals surface area (Å²) >= 11 is 1.19. The Labute approximate surface area is 119 Å². The van der Waals surface area contributed by atoms with Crippen molar-refractivity contribution >= 4 is 22.5 Å². The summed E-state index contributed by atoms with van der Waals surface area (Å²) in [6.45, 7) is 0. The van der Waals surface area contributed by atoms with Crippen molar-refractivity contribution in [1.29, 1.82) is 0 Å². The van der Waals surface area contributed by atoms with Gasteiger partial charge in [0.2, 0.25) is 5.16 Å². The van der Waals surface area contributed by atoms with Crippen LogP contribution >= 0.6 is 11.8 Å². The Morgan fingerprint density at radius 1 is 1.10 bits per heavy atom. The van der Waals surface area contributed by atoms with E-state index in [0.29, 0.717) is 11.0 Å². The SMILES string of the molecule is OC(O)CSc1n[nH]c(-c2ccc3ccccc3c2)n1. The summed E-state index contributed by atoms with van der Waals surface area (Å²) < 4.78 is 0. The van der Waals surface area contributed by atoms with E-state index in [-0.39, 0.29) is 5.75 Å². The zero-order chi connectivity index (χ0) is 13.9. The van der Waals surface area contributed by atoms with Crippen molar-refractivity contribution in [2.24, 2.45) is 0 Å². The lowest BCUT2D eigenvalue weighted by molar-refractivity contribution is -0.0186. The second kappa shape index (κ2) is 5.62. The summed E-state index contributed by atoms with van der Waals surface area (Å²) in [5.74, 6) is 0.820. The van der Waals surface area contributed by atoms with E-state index in [2.05, 4.69) is 21.2 Å². The fraction of sp³-hybridized carbons (Fsp3) is 0.143. The Balaban J connectivity index is 1.87. The minimum Gasteiger partial charge on any atom is -0.367 e. The highest BCUT2D eigenvalue weighted by molar-refractivity contribution is 7.99. The van der Waals surface area contributed by atoms with E-state index >= 15 is 0 Å². The summed E-state index contributed by atoms with van der Waals surface area (Å²) in [5, 5.41) is 27.4. The van der Waals surface area contributed by atoms with Crippen LogP contribution in [-0.4, -0.2) is 37.4 Å². The van der Waals surface area contributed by atoms with Gasteiger partial charge < -0.3 is 10.2 Å². The highest BCUT2D eigenvalue weighted by atomic mass is 32.2. The van der Waals surface area contributed by atoms with E-state index in [0.717, 1.165) is 10.9 Å². The van der Waals surface area contributed by atoms with Gasteiger partial charge in [-0.15, -0.1) is 5.10 Å². The molecule has 0 radical (unpaired) electrons. The predicted molar refractivity (Wildman–Crippen MR) is 78.3 cm³/mol. The molecule has 5 nitrogen and oxygen atoms in total. The highest BCUT2D eigenvalue weighted by Gasteiger charge is 2.08. The van der Waals surface area contributed by atoms with Crippen molar-refractivity contribution in [3.05, 3.63) is 42.5 Å². The summed E-state index contributed by atoms with van der Waals surface area (Å²) in [5.41, 5.74) is 0.951. The molecule has 6 heteroatoms. The van der Waals surface area contributed by atoms with Gasteiger partial charge >= 0.3 is 0 Å². The van der Waals surface area contributed by atoms with Gasteiger partial charge in [-0.2, -0.15) is 0 Å². The molecule has 0 atom stereocenters. The molecule has 3 rings (SSSR count). The molecule has 1 aromatic heterocycles. The fourth-order valence-corrected chi connectivity index (χ4v) is 2.49. The molecule has 0 spiro atoms. The van der Waals surface area contributed by atoms with E-state index in [1.807, 2.05) is 36.4 Å². The molecule has 0 bridgehead atoms. The van der Waals surface area contributed by atoms with Crippen LogP contribution in [0.5, 0.6) is 0 Å². The number of fused-ring (bicyclic) bond motifs is 1. The number of aromatic amines is 1. The molecule has 2 aromatic carbocycles. The van der Waals surface area contributed by atoms with Crippen molar-refractivity contribution in [3.63, 3.8) is 0 Å². The number of thioether (sulfide) groups is 1. The van der Waals surface area contributed by atoms with Crippen LogP contribution in [0.15, 0.2) is 47.6 Å². The summed E-state index contributed by atoms with van der Waals surface area (Å²) in [6.07, 6.45) is -1.36. The van der Waals surface area contributed by atoms with Crippen LogP contribution in [0.25, 0.3) is 22.2 Å². The largest absolute Gasteiger partial charge is 0.367 e. The van der Waals surface area contributed by atoms with Crippen molar-refractivity contribution in [1.82, 2.24) is 15.2 Å². The molecule has 102 valence electrons. The molecule has 1 heterocycles. The molecule has 0 aliphatic heterocycles. The number of hydrogen-bond donors (Lipinski definition) is 3. The molecule has 20 heavy (non-hydrogen) atoms. The lowest BCUT2D eigenvalue weighted by Gasteiger charge is -2.00. The first-order valence-corrected chi connectivity index (χ1v) is 7.11. The van der Waals surface area contributed by atoms with Gasteiger partial charge in [0, 0.05) is 5.56 Å². The topological polar surface area (TPSA) is 82.0 Å². The third kappa shape index (κ3) is 2.82. The van der Waals surface area contributed by atoms with Crippen molar-refractivity contribution in [3.8, 4) is 11.4 Å². The van der Waals surface area contributed by atoms with Crippen LogP contribution in [0.1, 0.15) is 0 Å². The smallest absolute Gasteiger partial charge is 0.208 e. The van der Waals surface area contributed by atoms with E-state index in [4.69, 9.17) is 10.2 Å². The number of nitrogens with one attached hydrogen (secondary N) is 1. The summed E-state index contributed by atoms with van der Waals surface area (Å²) in [6, 6.07) is 14.2. The van der Waals surface area contributed by atoms with Gasteiger partial charge in [0.25, 0.3) is 0 Å². The Kier molecular flexibility index (Phi) is 3.68. The van der Waals surface area contributed by atoms with Gasteiger partial charge in [0.1, 0.15) is 0 Å². The van der Waals surface area contributed by atoms with Crippen molar-refractivity contribution < 1.29 is 10.2 Å². The van der Waals surface area contributed by atoms with Gasteiger partial charge in [-0.05, 0) is 16.8 Å².